The molecule has 4 aromatic carbocycles. The first-order chi connectivity index (χ1) is 18.5. The lowest BCUT2D eigenvalue weighted by atomic mass is 9.93. The summed E-state index contributed by atoms with van der Waals surface area (Å²) in [6.07, 6.45) is 1.60. The predicted molar refractivity (Wildman–Crippen MR) is 145 cm³/mol. The zero-order chi connectivity index (χ0) is 26.6. The first kappa shape index (κ1) is 24.9. The molecule has 3 N–H and O–H groups in total. The van der Waals surface area contributed by atoms with E-state index < -0.39 is 11.8 Å². The molecule has 0 aliphatic heterocycles. The number of fused-ring (bicyclic) bond motifs is 1. The van der Waals surface area contributed by atoms with E-state index in [1.165, 1.54) is 18.2 Å². The van der Waals surface area contributed by atoms with Crippen LogP contribution in [0.25, 0.3) is 33.5 Å². The number of aromatic nitrogens is 2. The largest absolute Gasteiger partial charge is 0.478 e. The van der Waals surface area contributed by atoms with Gasteiger partial charge in [-0.2, -0.15) is 0 Å². The van der Waals surface area contributed by atoms with Gasteiger partial charge in [0.1, 0.15) is 11.6 Å². The smallest absolute Gasteiger partial charge is 0.336 e. The predicted octanol–water partition coefficient (Wildman–Crippen LogP) is 7.01. The number of amides is 1. The number of nitrogens with zero attached hydrogens (tertiary/aromatic N) is 1. The minimum atomic E-state index is -1.22. The normalized spacial score (nSPS) is 11.8. The van der Waals surface area contributed by atoms with E-state index in [1.54, 1.807) is 18.2 Å². The van der Waals surface area contributed by atoms with Crippen molar-refractivity contribution in [1.29, 1.82) is 0 Å². The summed E-state index contributed by atoms with van der Waals surface area (Å²) in [5.41, 5.74) is 3.31. The number of rotatable bonds is 8. The molecule has 1 unspecified atom stereocenters. The van der Waals surface area contributed by atoms with Crippen molar-refractivity contribution >= 4 is 22.9 Å². The number of aromatic carboxylic acids is 1. The van der Waals surface area contributed by atoms with Crippen LogP contribution in [0.2, 0.25) is 0 Å². The number of carboxylic acids is 1. The highest BCUT2D eigenvalue weighted by atomic mass is 19.1. The quantitative estimate of drug-likeness (QED) is 0.211. The Morgan fingerprint density at radius 2 is 1.71 bits per heavy atom. The molecule has 1 amide bonds. The molecule has 190 valence electrons. The van der Waals surface area contributed by atoms with Crippen molar-refractivity contribution < 1.29 is 19.1 Å². The molecule has 6 nitrogen and oxygen atoms in total. The molecule has 5 aromatic rings. The van der Waals surface area contributed by atoms with E-state index >= 15 is 4.39 Å². The van der Waals surface area contributed by atoms with Crippen molar-refractivity contribution in [3.05, 3.63) is 114 Å². The fourth-order valence-corrected chi connectivity index (χ4v) is 4.70. The Morgan fingerprint density at radius 3 is 2.45 bits per heavy atom. The summed E-state index contributed by atoms with van der Waals surface area (Å²) in [4.78, 5) is 33.2. The lowest BCUT2D eigenvalue weighted by Gasteiger charge is -2.19. The third kappa shape index (κ3) is 4.91. The van der Waals surface area contributed by atoms with Gasteiger partial charge in [0.05, 0.1) is 28.2 Å². The van der Waals surface area contributed by atoms with E-state index in [4.69, 9.17) is 0 Å². The molecule has 0 saturated carbocycles. The monoisotopic (exact) mass is 507 g/mol. The van der Waals surface area contributed by atoms with Crippen LogP contribution in [0.1, 0.15) is 52.1 Å². The second-order valence-corrected chi connectivity index (χ2v) is 9.06. The van der Waals surface area contributed by atoms with Gasteiger partial charge in [0.25, 0.3) is 5.91 Å². The van der Waals surface area contributed by atoms with E-state index in [0.717, 1.165) is 23.9 Å². The van der Waals surface area contributed by atoms with Crippen molar-refractivity contribution in [2.75, 3.05) is 0 Å². The molecule has 0 aliphatic carbocycles. The van der Waals surface area contributed by atoms with Gasteiger partial charge < -0.3 is 15.4 Å². The number of carbonyl (C=O) groups excluding carboxylic acids is 1. The van der Waals surface area contributed by atoms with Gasteiger partial charge in [0, 0.05) is 5.56 Å². The summed E-state index contributed by atoms with van der Waals surface area (Å²) in [7, 11) is 0. The Labute approximate surface area is 219 Å². The molecule has 7 heteroatoms. The number of hydrogen-bond acceptors (Lipinski definition) is 3. The molecule has 0 saturated heterocycles. The average Bonchev–Trinajstić information content (AvgIpc) is 3.36. The molecule has 0 fully saturated rings. The third-order valence-electron chi connectivity index (χ3n) is 6.53. The van der Waals surface area contributed by atoms with Crippen molar-refractivity contribution in [3.8, 4) is 22.5 Å². The zero-order valence-corrected chi connectivity index (χ0v) is 20.7. The van der Waals surface area contributed by atoms with E-state index in [1.807, 2.05) is 61.5 Å². The number of H-pyrrole nitrogens is 1. The standard InChI is InChI=1S/C31H26FN3O3/c1-2-9-25(19-10-4-3-5-11-19)35-30(36)20-16-17-21(23(18-20)31(37)38)22-12-8-13-24(32)28(22)29-33-26-14-6-7-15-27(26)34-29/h3-8,10-18,25H,2,9H2,1H3,(H,33,34)(H,35,36)(H,37,38). The summed E-state index contributed by atoms with van der Waals surface area (Å²) in [6, 6.07) is 25.7. The molecule has 38 heavy (non-hydrogen) atoms. The van der Waals surface area contributed by atoms with Crippen LogP contribution in [0.5, 0.6) is 0 Å². The maximum atomic E-state index is 15.2. The number of nitrogens with one attached hydrogen (secondary N) is 2. The number of carboxylic acid groups (broad SMARTS) is 1. The minimum Gasteiger partial charge on any atom is -0.478 e. The van der Waals surface area contributed by atoms with Crippen molar-refractivity contribution in [2.45, 2.75) is 25.8 Å². The molecule has 0 bridgehead atoms. The lowest BCUT2D eigenvalue weighted by Crippen LogP contribution is -2.28. The number of imidazole rings is 1. The van der Waals surface area contributed by atoms with Crippen molar-refractivity contribution in [1.82, 2.24) is 15.3 Å². The maximum Gasteiger partial charge on any atom is 0.336 e. The number of halogens is 1. The van der Waals surface area contributed by atoms with E-state index in [9.17, 15) is 14.7 Å². The first-order valence-corrected chi connectivity index (χ1v) is 12.4. The van der Waals surface area contributed by atoms with Gasteiger partial charge in [-0.25, -0.2) is 14.2 Å². The Kier molecular flexibility index (Phi) is 7.00. The van der Waals surface area contributed by atoms with Crippen molar-refractivity contribution in [2.24, 2.45) is 0 Å². The summed E-state index contributed by atoms with van der Waals surface area (Å²) in [5.74, 6) is -1.84. The van der Waals surface area contributed by atoms with Crippen LogP contribution in [0.4, 0.5) is 4.39 Å². The molecule has 0 aliphatic rings. The SMILES string of the molecule is CCCC(NC(=O)c1ccc(-c2cccc(F)c2-c2nc3ccccc3[nH]2)c(C(=O)O)c1)c1ccccc1. The number of carbonyl (C=O) groups is 2. The average molecular weight is 508 g/mol. The summed E-state index contributed by atoms with van der Waals surface area (Å²) < 4.78 is 15.2. The lowest BCUT2D eigenvalue weighted by molar-refractivity contribution is 0.0697. The van der Waals surface area contributed by atoms with Gasteiger partial charge in [0.15, 0.2) is 0 Å². The van der Waals surface area contributed by atoms with E-state index in [0.29, 0.717) is 16.9 Å². The molecule has 0 radical (unpaired) electrons. The number of para-hydroxylation sites is 2. The van der Waals surface area contributed by atoms with Crippen LogP contribution in [-0.4, -0.2) is 27.0 Å². The molecule has 1 atom stereocenters. The highest BCUT2D eigenvalue weighted by Gasteiger charge is 2.23. The van der Waals surface area contributed by atoms with Crippen LogP contribution in [0.15, 0.2) is 91.0 Å². The van der Waals surface area contributed by atoms with Crippen LogP contribution in [0, 0.1) is 5.82 Å². The first-order valence-electron chi connectivity index (χ1n) is 12.4. The van der Waals surface area contributed by atoms with Gasteiger partial charge >= 0.3 is 5.97 Å². The highest BCUT2D eigenvalue weighted by Crippen LogP contribution is 2.36. The Morgan fingerprint density at radius 1 is 0.947 bits per heavy atom. The van der Waals surface area contributed by atoms with Crippen molar-refractivity contribution in [3.63, 3.8) is 0 Å². The molecular weight excluding hydrogens is 481 g/mol. The minimum absolute atomic E-state index is 0.104. The summed E-state index contributed by atoms with van der Waals surface area (Å²) in [5, 5.41) is 13.1. The van der Waals surface area contributed by atoms with Gasteiger partial charge in [-0.05, 0) is 53.4 Å². The van der Waals surface area contributed by atoms with Crippen LogP contribution in [-0.2, 0) is 0 Å². The fourth-order valence-electron chi connectivity index (χ4n) is 4.70. The van der Waals surface area contributed by atoms with Gasteiger partial charge in [-0.15, -0.1) is 0 Å². The van der Waals surface area contributed by atoms with Crippen LogP contribution < -0.4 is 5.32 Å². The second kappa shape index (κ2) is 10.7. The van der Waals surface area contributed by atoms with E-state index in [2.05, 4.69) is 15.3 Å². The maximum absolute atomic E-state index is 15.2. The van der Waals surface area contributed by atoms with Gasteiger partial charge in [-0.3, -0.25) is 4.79 Å². The fraction of sp³-hybridized carbons (Fsp3) is 0.129. The van der Waals surface area contributed by atoms with E-state index in [-0.39, 0.29) is 34.2 Å². The Hall–Kier alpha value is -4.78. The summed E-state index contributed by atoms with van der Waals surface area (Å²) >= 11 is 0. The second-order valence-electron chi connectivity index (χ2n) is 9.06. The zero-order valence-electron chi connectivity index (χ0n) is 20.7. The molecule has 1 heterocycles. The molecule has 5 rings (SSSR count). The molecule has 0 spiro atoms. The number of benzene rings is 4. The number of aromatic amines is 1. The number of hydrogen-bond donors (Lipinski definition) is 3. The highest BCUT2D eigenvalue weighted by molar-refractivity contribution is 6.03. The Bertz CT molecular complexity index is 1600. The molecule has 1 aromatic heterocycles. The van der Waals surface area contributed by atoms with Gasteiger partial charge in [-0.1, -0.05) is 74.0 Å². The summed E-state index contributed by atoms with van der Waals surface area (Å²) in [6.45, 7) is 2.04. The topological polar surface area (TPSA) is 95.1 Å². The third-order valence-corrected chi connectivity index (χ3v) is 6.53. The van der Waals surface area contributed by atoms with Crippen LogP contribution in [0.3, 0.4) is 0 Å². The molecular formula is C31H26FN3O3. The van der Waals surface area contributed by atoms with Gasteiger partial charge in [0.2, 0.25) is 0 Å². The Balaban J connectivity index is 1.54. The van der Waals surface area contributed by atoms with Crippen LogP contribution >= 0.6 is 0 Å².